The van der Waals surface area contributed by atoms with E-state index in [2.05, 4.69) is 41.2 Å². The molecular weight excluding hydrogens is 328 g/mol. The second-order valence-corrected chi connectivity index (χ2v) is 7.25. The van der Waals surface area contributed by atoms with Gasteiger partial charge in [0.15, 0.2) is 0 Å². The predicted molar refractivity (Wildman–Crippen MR) is 90.1 cm³/mol. The molecule has 0 amide bonds. The van der Waals surface area contributed by atoms with Crippen LogP contribution in [0.25, 0.3) is 0 Å². The number of fused-ring (bicyclic) bond motifs is 1. The Morgan fingerprint density at radius 3 is 2.67 bits per heavy atom. The highest BCUT2D eigenvalue weighted by Gasteiger charge is 2.28. The van der Waals surface area contributed by atoms with E-state index in [9.17, 15) is 0 Å². The third-order valence-corrected chi connectivity index (χ3v) is 4.13. The van der Waals surface area contributed by atoms with Crippen molar-refractivity contribution in [3.63, 3.8) is 0 Å². The van der Waals surface area contributed by atoms with Crippen LogP contribution in [0.2, 0.25) is 0 Å². The third-order valence-electron chi connectivity index (χ3n) is 3.60. The summed E-state index contributed by atoms with van der Waals surface area (Å²) in [5, 5.41) is 3.42. The number of hydrogen-bond acceptors (Lipinski definition) is 3. The fourth-order valence-corrected chi connectivity index (χ4v) is 2.80. The Bertz CT molecular complexity index is 683. The van der Waals surface area contributed by atoms with Crippen molar-refractivity contribution in [1.29, 1.82) is 0 Å². The Hall–Kier alpha value is -1.55. The molecule has 0 atom stereocenters. The van der Waals surface area contributed by atoms with Crippen molar-refractivity contribution in [1.82, 2.24) is 0 Å². The van der Waals surface area contributed by atoms with Gasteiger partial charge in [-0.15, -0.1) is 0 Å². The number of furan rings is 1. The van der Waals surface area contributed by atoms with Crippen LogP contribution >= 0.6 is 15.9 Å². The highest BCUT2D eigenvalue weighted by molar-refractivity contribution is 9.10. The van der Waals surface area contributed by atoms with Gasteiger partial charge in [0, 0.05) is 23.1 Å². The van der Waals surface area contributed by atoms with Crippen molar-refractivity contribution in [3.05, 3.63) is 51.9 Å². The molecule has 2 aromatic rings. The van der Waals surface area contributed by atoms with Gasteiger partial charge in [0.05, 0.1) is 5.56 Å². The van der Waals surface area contributed by atoms with Crippen molar-refractivity contribution >= 4 is 27.5 Å². The minimum atomic E-state index is 0.113. The first-order valence-corrected chi connectivity index (χ1v) is 7.89. The van der Waals surface area contributed by atoms with Gasteiger partial charge in [-0.1, -0.05) is 29.8 Å². The molecule has 1 aromatic heterocycles. The first-order chi connectivity index (χ1) is 9.93. The largest absolute Gasteiger partial charge is 0.466 e. The highest BCUT2D eigenvalue weighted by Crippen LogP contribution is 2.30. The normalized spacial score (nSPS) is 16.9. The lowest BCUT2D eigenvalue weighted by Gasteiger charge is -2.19. The zero-order valence-electron chi connectivity index (χ0n) is 12.5. The summed E-state index contributed by atoms with van der Waals surface area (Å²) in [6.07, 6.45) is 0.908. The highest BCUT2D eigenvalue weighted by atomic mass is 79.9. The van der Waals surface area contributed by atoms with Gasteiger partial charge in [-0.2, -0.15) is 0 Å². The second kappa shape index (κ2) is 5.34. The Morgan fingerprint density at radius 1 is 1.24 bits per heavy atom. The molecule has 0 fully saturated rings. The molecule has 2 heterocycles. The van der Waals surface area contributed by atoms with Gasteiger partial charge in [-0.05, 0) is 42.7 Å². The molecule has 0 aliphatic carbocycles. The average Bonchev–Trinajstić information content (AvgIpc) is 2.71. The van der Waals surface area contributed by atoms with Crippen LogP contribution in [0.15, 0.2) is 44.2 Å². The number of nitrogens with zero attached hydrogens (tertiary/aromatic N) is 1. The summed E-state index contributed by atoms with van der Waals surface area (Å²) in [6, 6.07) is 10.2. The molecule has 1 aliphatic rings. The maximum absolute atomic E-state index is 5.88. The summed E-state index contributed by atoms with van der Waals surface area (Å²) in [5.41, 5.74) is 2.23. The smallest absolute Gasteiger partial charge is 0.136 e. The molecule has 0 radical (unpaired) electrons. The molecule has 0 spiro atoms. The number of hydrogen-bond donors (Lipinski definition) is 1. The molecule has 110 valence electrons. The second-order valence-electron chi connectivity index (χ2n) is 6.33. The van der Waals surface area contributed by atoms with Gasteiger partial charge in [-0.3, -0.25) is 4.99 Å². The van der Waals surface area contributed by atoms with Gasteiger partial charge < -0.3 is 9.73 Å². The topological polar surface area (TPSA) is 37.5 Å². The van der Waals surface area contributed by atoms with Crippen LogP contribution in [0.1, 0.15) is 30.9 Å². The van der Waals surface area contributed by atoms with E-state index in [0.717, 1.165) is 46.0 Å². The molecule has 21 heavy (non-hydrogen) atoms. The minimum absolute atomic E-state index is 0.113. The van der Waals surface area contributed by atoms with Gasteiger partial charge in [0.1, 0.15) is 17.4 Å². The van der Waals surface area contributed by atoms with E-state index >= 15 is 0 Å². The van der Waals surface area contributed by atoms with E-state index in [1.165, 1.54) is 0 Å². The molecule has 3 rings (SSSR count). The van der Waals surface area contributed by atoms with Crippen LogP contribution in [0.5, 0.6) is 0 Å². The summed E-state index contributed by atoms with van der Waals surface area (Å²) in [6.45, 7) is 7.22. The third kappa shape index (κ3) is 3.21. The summed E-state index contributed by atoms with van der Waals surface area (Å²) in [7, 11) is 0. The summed E-state index contributed by atoms with van der Waals surface area (Å²) in [4.78, 5) is 4.78. The number of halogens is 1. The maximum Gasteiger partial charge on any atom is 0.136 e. The molecule has 0 unspecified atom stereocenters. The van der Waals surface area contributed by atoms with Crippen molar-refractivity contribution in [2.75, 3.05) is 11.9 Å². The average molecular weight is 347 g/mol. The van der Waals surface area contributed by atoms with Gasteiger partial charge in [0.2, 0.25) is 0 Å². The van der Waals surface area contributed by atoms with Crippen LogP contribution in [-0.2, 0) is 6.42 Å². The minimum Gasteiger partial charge on any atom is -0.466 e. The number of amidine groups is 1. The van der Waals surface area contributed by atoms with Gasteiger partial charge in [-0.25, -0.2) is 0 Å². The molecular formula is C17H19BrN2O. The summed E-state index contributed by atoms with van der Waals surface area (Å²) in [5.74, 6) is 2.86. The number of rotatable bonds is 1. The van der Waals surface area contributed by atoms with Gasteiger partial charge in [0.25, 0.3) is 0 Å². The fourth-order valence-electron chi connectivity index (χ4n) is 2.54. The number of benzene rings is 1. The molecule has 0 saturated carbocycles. The Labute approximate surface area is 133 Å². The Kier molecular flexibility index (Phi) is 3.66. The van der Waals surface area contributed by atoms with Crippen LogP contribution < -0.4 is 5.32 Å². The van der Waals surface area contributed by atoms with Crippen molar-refractivity contribution in [2.24, 2.45) is 10.4 Å². The fraction of sp³-hybridized carbons (Fsp3) is 0.353. The van der Waals surface area contributed by atoms with E-state index < -0.39 is 0 Å². The van der Waals surface area contributed by atoms with E-state index in [1.54, 1.807) is 0 Å². The number of aryl methyl sites for hydroxylation is 1. The molecule has 4 heteroatoms. The van der Waals surface area contributed by atoms with E-state index in [-0.39, 0.29) is 5.41 Å². The molecule has 1 aliphatic heterocycles. The Balaban J connectivity index is 1.96. The standard InChI is InChI=1S/C17H19BrN2O/c1-11-8-14-15(21-11)9-17(2,3)10-19-16(14)20-13-6-4-12(18)5-7-13/h4-8H,9-10H2,1-3H3,(H,19,20). The lowest BCUT2D eigenvalue weighted by Crippen LogP contribution is -2.18. The van der Waals surface area contributed by atoms with Crippen molar-refractivity contribution in [2.45, 2.75) is 27.2 Å². The number of anilines is 1. The predicted octanol–water partition coefficient (Wildman–Crippen LogP) is 4.79. The zero-order valence-corrected chi connectivity index (χ0v) is 14.1. The lowest BCUT2D eigenvalue weighted by atomic mass is 9.88. The van der Waals surface area contributed by atoms with Crippen LogP contribution in [-0.4, -0.2) is 12.4 Å². The first-order valence-electron chi connectivity index (χ1n) is 7.10. The van der Waals surface area contributed by atoms with Gasteiger partial charge >= 0.3 is 0 Å². The van der Waals surface area contributed by atoms with Crippen molar-refractivity contribution < 1.29 is 4.42 Å². The summed E-state index contributed by atoms with van der Waals surface area (Å²) >= 11 is 3.45. The molecule has 1 aromatic carbocycles. The summed E-state index contributed by atoms with van der Waals surface area (Å²) < 4.78 is 6.95. The van der Waals surface area contributed by atoms with E-state index in [4.69, 9.17) is 9.41 Å². The molecule has 0 saturated heterocycles. The van der Waals surface area contributed by atoms with Crippen LogP contribution in [0.4, 0.5) is 5.69 Å². The van der Waals surface area contributed by atoms with E-state index in [0.29, 0.717) is 0 Å². The first kappa shape index (κ1) is 14.4. The molecule has 1 N–H and O–H groups in total. The SMILES string of the molecule is Cc1cc2c(o1)CC(C)(C)CN=C2Nc1ccc(Br)cc1. The quantitative estimate of drug-likeness (QED) is 0.805. The van der Waals surface area contributed by atoms with Crippen LogP contribution in [0, 0.1) is 12.3 Å². The monoisotopic (exact) mass is 346 g/mol. The van der Waals surface area contributed by atoms with Crippen LogP contribution in [0.3, 0.4) is 0 Å². The molecule has 3 nitrogen and oxygen atoms in total. The zero-order chi connectivity index (χ0) is 15.0. The Morgan fingerprint density at radius 2 is 1.95 bits per heavy atom. The van der Waals surface area contributed by atoms with Crippen molar-refractivity contribution in [3.8, 4) is 0 Å². The number of nitrogens with one attached hydrogen (secondary N) is 1. The lowest BCUT2D eigenvalue weighted by molar-refractivity contribution is 0.339. The molecule has 0 bridgehead atoms. The number of aliphatic imine (C=N–C) groups is 1. The van der Waals surface area contributed by atoms with E-state index in [1.807, 2.05) is 31.2 Å². The maximum atomic E-state index is 5.88.